The van der Waals surface area contributed by atoms with Gasteiger partial charge in [-0.05, 0) is 18.2 Å². The van der Waals surface area contributed by atoms with Gasteiger partial charge in [-0.1, -0.05) is 11.6 Å². The number of nitrogens with zero attached hydrogens (tertiary/aromatic N) is 1. The Hall–Kier alpha value is -0.940. The molecule has 0 fully saturated rings. The van der Waals surface area contributed by atoms with Gasteiger partial charge in [0.25, 0.3) is 0 Å². The second-order valence-electron chi connectivity index (χ2n) is 2.47. The monoisotopic (exact) mass is 235 g/mol. The van der Waals surface area contributed by atoms with Crippen molar-refractivity contribution in [2.75, 3.05) is 0 Å². The van der Waals surface area contributed by atoms with Gasteiger partial charge in [0.15, 0.2) is 4.47 Å². The molecule has 14 heavy (non-hydrogen) atoms. The molecule has 1 aromatic heterocycles. The SMILES string of the molecule is FC(F)Oc1ccc2nc(Cl)sc2c1. The van der Waals surface area contributed by atoms with E-state index in [0.29, 0.717) is 9.98 Å². The molecule has 1 heterocycles. The number of halogens is 3. The zero-order valence-electron chi connectivity index (χ0n) is 6.71. The van der Waals surface area contributed by atoms with E-state index >= 15 is 0 Å². The van der Waals surface area contributed by atoms with Crippen LogP contribution in [0.1, 0.15) is 0 Å². The quantitative estimate of drug-likeness (QED) is 0.794. The van der Waals surface area contributed by atoms with Gasteiger partial charge in [-0.2, -0.15) is 8.78 Å². The summed E-state index contributed by atoms with van der Waals surface area (Å²) in [5.41, 5.74) is 0.682. The lowest BCUT2D eigenvalue weighted by atomic mass is 10.3. The highest BCUT2D eigenvalue weighted by Gasteiger charge is 2.07. The first-order valence-corrected chi connectivity index (χ1v) is 4.85. The summed E-state index contributed by atoms with van der Waals surface area (Å²) in [6.45, 7) is -2.81. The maximum Gasteiger partial charge on any atom is 0.387 e. The van der Waals surface area contributed by atoms with Crippen LogP contribution in [0.15, 0.2) is 18.2 Å². The Balaban J connectivity index is 2.40. The van der Waals surface area contributed by atoms with Crippen molar-refractivity contribution < 1.29 is 13.5 Å². The summed E-state index contributed by atoms with van der Waals surface area (Å²) in [7, 11) is 0. The van der Waals surface area contributed by atoms with Gasteiger partial charge in [0.05, 0.1) is 10.2 Å². The predicted octanol–water partition coefficient (Wildman–Crippen LogP) is 3.55. The van der Waals surface area contributed by atoms with Gasteiger partial charge in [0, 0.05) is 0 Å². The van der Waals surface area contributed by atoms with Gasteiger partial charge in [0.2, 0.25) is 0 Å². The van der Waals surface area contributed by atoms with Gasteiger partial charge in [-0.3, -0.25) is 0 Å². The molecule has 0 N–H and O–H groups in total. The summed E-state index contributed by atoms with van der Waals surface area (Å²) >= 11 is 6.88. The summed E-state index contributed by atoms with van der Waals surface area (Å²) in [4.78, 5) is 3.97. The Morgan fingerprint density at radius 1 is 1.43 bits per heavy atom. The number of benzene rings is 1. The third-order valence-corrected chi connectivity index (χ3v) is 2.68. The number of alkyl halides is 2. The lowest BCUT2D eigenvalue weighted by Gasteiger charge is -2.02. The van der Waals surface area contributed by atoms with E-state index in [1.807, 2.05) is 0 Å². The maximum atomic E-state index is 11.9. The van der Waals surface area contributed by atoms with E-state index in [-0.39, 0.29) is 5.75 Å². The molecule has 2 nitrogen and oxygen atoms in total. The first kappa shape index (κ1) is 9.61. The first-order valence-electron chi connectivity index (χ1n) is 3.66. The molecule has 6 heteroatoms. The van der Waals surface area contributed by atoms with E-state index in [1.54, 1.807) is 6.07 Å². The minimum Gasteiger partial charge on any atom is -0.435 e. The summed E-state index contributed by atoms with van der Waals surface area (Å²) in [5.74, 6) is 0.118. The van der Waals surface area contributed by atoms with E-state index in [1.165, 1.54) is 23.5 Å². The Labute approximate surface area is 87.1 Å². The summed E-state index contributed by atoms with van der Waals surface area (Å²) in [6.07, 6.45) is 0. The fraction of sp³-hybridized carbons (Fsp3) is 0.125. The number of aromatic nitrogens is 1. The predicted molar refractivity (Wildman–Crippen MR) is 51.3 cm³/mol. The van der Waals surface area contributed by atoms with Gasteiger partial charge >= 0.3 is 6.61 Å². The van der Waals surface area contributed by atoms with Crippen LogP contribution in [0.25, 0.3) is 10.2 Å². The highest BCUT2D eigenvalue weighted by atomic mass is 35.5. The Kier molecular flexibility index (Phi) is 2.52. The van der Waals surface area contributed by atoms with Crippen molar-refractivity contribution in [2.24, 2.45) is 0 Å². The summed E-state index contributed by atoms with van der Waals surface area (Å²) in [6, 6.07) is 4.52. The highest BCUT2D eigenvalue weighted by Crippen LogP contribution is 2.29. The molecule has 2 aromatic rings. The molecule has 0 aliphatic carbocycles. The molecule has 1 aromatic carbocycles. The van der Waals surface area contributed by atoms with Crippen LogP contribution in [-0.4, -0.2) is 11.6 Å². The second kappa shape index (κ2) is 3.67. The Morgan fingerprint density at radius 2 is 2.21 bits per heavy atom. The summed E-state index contributed by atoms with van der Waals surface area (Å²) < 4.78 is 29.1. The van der Waals surface area contributed by atoms with E-state index < -0.39 is 6.61 Å². The number of ether oxygens (including phenoxy) is 1. The van der Waals surface area contributed by atoms with Crippen molar-refractivity contribution in [2.45, 2.75) is 6.61 Å². The fourth-order valence-corrected chi connectivity index (χ4v) is 2.11. The maximum absolute atomic E-state index is 11.9. The van der Waals surface area contributed by atoms with E-state index in [9.17, 15) is 8.78 Å². The lowest BCUT2D eigenvalue weighted by molar-refractivity contribution is -0.0497. The third-order valence-electron chi connectivity index (χ3n) is 1.56. The molecule has 2 rings (SSSR count). The van der Waals surface area contributed by atoms with E-state index in [0.717, 1.165) is 4.70 Å². The number of fused-ring (bicyclic) bond motifs is 1. The third kappa shape index (κ3) is 1.93. The average Bonchev–Trinajstić information content (AvgIpc) is 2.42. The van der Waals surface area contributed by atoms with Crippen LogP contribution in [0.3, 0.4) is 0 Å². The van der Waals surface area contributed by atoms with Crippen molar-refractivity contribution in [3.63, 3.8) is 0 Å². The molecule has 0 radical (unpaired) electrons. The molecule has 0 spiro atoms. The highest BCUT2D eigenvalue weighted by molar-refractivity contribution is 7.22. The molecule has 0 amide bonds. The van der Waals surface area contributed by atoms with Crippen LogP contribution in [0, 0.1) is 0 Å². The normalized spacial score (nSPS) is 11.1. The van der Waals surface area contributed by atoms with E-state index in [4.69, 9.17) is 11.6 Å². The van der Waals surface area contributed by atoms with Gasteiger partial charge in [0.1, 0.15) is 5.75 Å². The second-order valence-corrected chi connectivity index (χ2v) is 4.09. The van der Waals surface area contributed by atoms with Crippen LogP contribution >= 0.6 is 22.9 Å². The van der Waals surface area contributed by atoms with Crippen LogP contribution in [-0.2, 0) is 0 Å². The zero-order chi connectivity index (χ0) is 10.1. The number of thiazole rings is 1. The summed E-state index contributed by atoms with van der Waals surface area (Å²) in [5, 5.41) is 0. The molecule has 0 bridgehead atoms. The van der Waals surface area contributed by atoms with Crippen molar-refractivity contribution in [1.82, 2.24) is 4.98 Å². The van der Waals surface area contributed by atoms with Crippen molar-refractivity contribution in [3.05, 3.63) is 22.7 Å². The van der Waals surface area contributed by atoms with Gasteiger partial charge in [-0.15, -0.1) is 11.3 Å². The topological polar surface area (TPSA) is 22.1 Å². The molecule has 0 aliphatic rings. The zero-order valence-corrected chi connectivity index (χ0v) is 8.28. The molecule has 0 saturated heterocycles. The van der Waals surface area contributed by atoms with Gasteiger partial charge in [-0.25, -0.2) is 4.98 Å². The molecule has 0 aliphatic heterocycles. The Morgan fingerprint density at radius 3 is 2.93 bits per heavy atom. The average molecular weight is 236 g/mol. The first-order chi connectivity index (χ1) is 6.65. The molecular weight excluding hydrogens is 232 g/mol. The number of hydrogen-bond donors (Lipinski definition) is 0. The largest absolute Gasteiger partial charge is 0.435 e. The molecule has 0 unspecified atom stereocenters. The van der Waals surface area contributed by atoms with Gasteiger partial charge < -0.3 is 4.74 Å². The Bertz CT molecular complexity index is 460. The van der Waals surface area contributed by atoms with E-state index in [2.05, 4.69) is 9.72 Å². The van der Waals surface area contributed by atoms with Crippen LogP contribution in [0.4, 0.5) is 8.78 Å². The van der Waals surface area contributed by atoms with Crippen molar-refractivity contribution in [1.29, 1.82) is 0 Å². The molecule has 0 saturated carbocycles. The van der Waals surface area contributed by atoms with Crippen LogP contribution in [0.5, 0.6) is 5.75 Å². The number of hydrogen-bond acceptors (Lipinski definition) is 3. The van der Waals surface area contributed by atoms with Crippen LogP contribution < -0.4 is 4.74 Å². The molecule has 74 valence electrons. The van der Waals surface area contributed by atoms with Crippen molar-refractivity contribution >= 4 is 33.2 Å². The molecular formula is C8H4ClF2NOS. The van der Waals surface area contributed by atoms with Crippen molar-refractivity contribution in [3.8, 4) is 5.75 Å². The smallest absolute Gasteiger partial charge is 0.387 e. The molecule has 0 atom stereocenters. The standard InChI is InChI=1S/C8H4ClF2NOS/c9-7-12-5-2-1-4(13-8(10)11)3-6(5)14-7/h1-3,8H. The lowest BCUT2D eigenvalue weighted by Crippen LogP contribution is -2.01. The fourth-order valence-electron chi connectivity index (χ4n) is 1.05. The number of rotatable bonds is 2. The minimum absolute atomic E-state index is 0.118. The van der Waals surface area contributed by atoms with Crippen LogP contribution in [0.2, 0.25) is 4.47 Å². The minimum atomic E-state index is -2.81.